The van der Waals surface area contributed by atoms with Crippen molar-refractivity contribution in [1.82, 2.24) is 14.9 Å². The number of benzene rings is 2. The number of methoxy groups -OCH3 is 3. The smallest absolute Gasteiger partial charge is 0.256 e. The number of ether oxygens (including phenoxy) is 3. The molecule has 32 heavy (non-hydrogen) atoms. The largest absolute Gasteiger partial charge is 0.493 e. The van der Waals surface area contributed by atoms with Gasteiger partial charge < -0.3 is 24.1 Å². The van der Waals surface area contributed by atoms with E-state index in [0.717, 1.165) is 0 Å². The van der Waals surface area contributed by atoms with Crippen molar-refractivity contribution in [2.75, 3.05) is 27.9 Å². The van der Waals surface area contributed by atoms with Crippen LogP contribution in [0.4, 0.5) is 4.39 Å². The van der Waals surface area contributed by atoms with Crippen molar-refractivity contribution in [2.24, 2.45) is 0 Å². The van der Waals surface area contributed by atoms with E-state index in [9.17, 15) is 14.0 Å². The second-order valence-corrected chi connectivity index (χ2v) is 7.24. The number of H-pyrrole nitrogens is 1. The first-order valence-electron chi connectivity index (χ1n) is 9.92. The van der Waals surface area contributed by atoms with Gasteiger partial charge in [0.05, 0.1) is 39.1 Å². The van der Waals surface area contributed by atoms with Crippen LogP contribution >= 0.6 is 0 Å². The number of hydrogen-bond donors (Lipinski definition) is 1. The van der Waals surface area contributed by atoms with Gasteiger partial charge in [-0.1, -0.05) is 6.07 Å². The summed E-state index contributed by atoms with van der Waals surface area (Å²) in [6.45, 7) is 0.468. The Balaban J connectivity index is 1.67. The Morgan fingerprint density at radius 2 is 1.81 bits per heavy atom. The Hall–Kier alpha value is -3.88. The van der Waals surface area contributed by atoms with Crippen LogP contribution in [0.5, 0.6) is 17.2 Å². The number of rotatable bonds is 5. The first-order valence-corrected chi connectivity index (χ1v) is 9.92. The van der Waals surface area contributed by atoms with E-state index in [-0.39, 0.29) is 23.6 Å². The number of nitrogens with one attached hydrogen (secondary N) is 1. The molecule has 0 saturated heterocycles. The van der Waals surface area contributed by atoms with Gasteiger partial charge in [0.2, 0.25) is 5.75 Å². The van der Waals surface area contributed by atoms with Gasteiger partial charge in [0.25, 0.3) is 11.5 Å². The molecule has 0 spiro atoms. The molecule has 0 fully saturated rings. The van der Waals surface area contributed by atoms with Crippen molar-refractivity contribution in [3.63, 3.8) is 0 Å². The predicted octanol–water partition coefficient (Wildman–Crippen LogP) is 2.80. The zero-order valence-corrected chi connectivity index (χ0v) is 17.9. The number of halogens is 1. The molecule has 0 unspecified atom stereocenters. The molecule has 1 aromatic heterocycles. The number of carbonyl (C=O) groups is 1. The quantitative estimate of drug-likeness (QED) is 0.657. The zero-order chi connectivity index (χ0) is 22.8. The van der Waals surface area contributed by atoms with Crippen LogP contribution in [-0.4, -0.2) is 48.6 Å². The predicted molar refractivity (Wildman–Crippen MR) is 115 cm³/mol. The molecule has 1 aliphatic heterocycles. The van der Waals surface area contributed by atoms with E-state index in [1.807, 2.05) is 0 Å². The molecule has 0 aliphatic carbocycles. The number of aromatic amines is 1. The van der Waals surface area contributed by atoms with Gasteiger partial charge in [-0.05, 0) is 30.3 Å². The Labute approximate surface area is 183 Å². The number of amides is 1. The highest BCUT2D eigenvalue weighted by Gasteiger charge is 2.26. The zero-order valence-electron chi connectivity index (χ0n) is 17.9. The van der Waals surface area contributed by atoms with Crippen LogP contribution in [-0.2, 0) is 13.0 Å². The maximum Gasteiger partial charge on any atom is 0.256 e. The summed E-state index contributed by atoms with van der Waals surface area (Å²) in [6.07, 6.45) is 0.401. The molecule has 4 rings (SSSR count). The average molecular weight is 439 g/mol. The van der Waals surface area contributed by atoms with Gasteiger partial charge in [0, 0.05) is 24.1 Å². The van der Waals surface area contributed by atoms with E-state index in [1.165, 1.54) is 44.4 Å². The van der Waals surface area contributed by atoms with Gasteiger partial charge in [-0.15, -0.1) is 0 Å². The third-order valence-electron chi connectivity index (χ3n) is 5.37. The molecular weight excluding hydrogens is 417 g/mol. The summed E-state index contributed by atoms with van der Waals surface area (Å²) >= 11 is 0. The molecule has 0 radical (unpaired) electrons. The number of carbonyl (C=O) groups excluding carboxylic acids is 1. The second kappa shape index (κ2) is 8.70. The van der Waals surface area contributed by atoms with Crippen LogP contribution in [0.3, 0.4) is 0 Å². The minimum atomic E-state index is -0.484. The summed E-state index contributed by atoms with van der Waals surface area (Å²) in [5, 5.41) is 0. The number of hydrogen-bond acceptors (Lipinski definition) is 6. The Kier molecular flexibility index (Phi) is 5.81. The lowest BCUT2D eigenvalue weighted by molar-refractivity contribution is 0.0732. The third kappa shape index (κ3) is 3.89. The third-order valence-corrected chi connectivity index (χ3v) is 5.37. The normalized spacial score (nSPS) is 12.8. The number of fused-ring (bicyclic) bond motifs is 1. The van der Waals surface area contributed by atoms with Gasteiger partial charge in [0.1, 0.15) is 11.6 Å². The van der Waals surface area contributed by atoms with Crippen molar-refractivity contribution in [1.29, 1.82) is 0 Å². The minimum Gasteiger partial charge on any atom is -0.493 e. The van der Waals surface area contributed by atoms with Crippen molar-refractivity contribution in [3.05, 3.63) is 69.4 Å². The fourth-order valence-electron chi connectivity index (χ4n) is 3.76. The molecule has 3 aromatic rings. The second-order valence-electron chi connectivity index (χ2n) is 7.24. The van der Waals surface area contributed by atoms with Crippen LogP contribution in [0.1, 0.15) is 21.6 Å². The highest BCUT2D eigenvalue weighted by atomic mass is 19.1. The fourth-order valence-corrected chi connectivity index (χ4v) is 3.76. The molecule has 1 N–H and O–H groups in total. The van der Waals surface area contributed by atoms with Gasteiger partial charge >= 0.3 is 0 Å². The highest BCUT2D eigenvalue weighted by Crippen LogP contribution is 2.40. The monoisotopic (exact) mass is 439 g/mol. The molecule has 8 nitrogen and oxygen atoms in total. The molecule has 0 bridgehead atoms. The summed E-state index contributed by atoms with van der Waals surface area (Å²) in [4.78, 5) is 34.5. The van der Waals surface area contributed by atoms with Gasteiger partial charge in [-0.2, -0.15) is 0 Å². The average Bonchev–Trinajstić information content (AvgIpc) is 2.82. The maximum atomic E-state index is 13.5. The van der Waals surface area contributed by atoms with Crippen molar-refractivity contribution in [3.8, 4) is 28.6 Å². The molecule has 0 atom stereocenters. The van der Waals surface area contributed by atoms with E-state index < -0.39 is 5.82 Å². The Bertz CT molecular complexity index is 1220. The van der Waals surface area contributed by atoms with Crippen molar-refractivity contribution < 1.29 is 23.4 Å². The maximum absolute atomic E-state index is 13.5. The lowest BCUT2D eigenvalue weighted by Crippen LogP contribution is -2.39. The van der Waals surface area contributed by atoms with Crippen molar-refractivity contribution in [2.45, 2.75) is 13.0 Å². The first kappa shape index (κ1) is 21.4. The lowest BCUT2D eigenvalue weighted by atomic mass is 10.0. The van der Waals surface area contributed by atoms with E-state index in [0.29, 0.717) is 52.9 Å². The van der Waals surface area contributed by atoms with E-state index in [4.69, 9.17) is 14.2 Å². The molecule has 1 amide bonds. The van der Waals surface area contributed by atoms with Gasteiger partial charge in [-0.3, -0.25) is 9.59 Å². The van der Waals surface area contributed by atoms with E-state index in [1.54, 1.807) is 18.2 Å². The first-order chi connectivity index (χ1) is 15.4. The fraction of sp³-hybridized carbons (Fsp3) is 0.261. The lowest BCUT2D eigenvalue weighted by Gasteiger charge is -2.28. The topological polar surface area (TPSA) is 93.8 Å². The van der Waals surface area contributed by atoms with Crippen LogP contribution in [0.25, 0.3) is 11.4 Å². The summed E-state index contributed by atoms with van der Waals surface area (Å²) in [5.74, 6) is 0.859. The molecule has 166 valence electrons. The van der Waals surface area contributed by atoms with Crippen LogP contribution in [0, 0.1) is 5.82 Å². The summed E-state index contributed by atoms with van der Waals surface area (Å²) in [5.41, 5.74) is 1.53. The number of nitrogens with zero attached hydrogens (tertiary/aromatic N) is 2. The van der Waals surface area contributed by atoms with E-state index >= 15 is 0 Å². The van der Waals surface area contributed by atoms with E-state index in [2.05, 4.69) is 9.97 Å². The minimum absolute atomic E-state index is 0.0998. The summed E-state index contributed by atoms with van der Waals surface area (Å²) in [6, 6.07) is 8.91. The molecular formula is C23H22FN3O5. The van der Waals surface area contributed by atoms with Crippen LogP contribution in [0.15, 0.2) is 41.2 Å². The standard InChI is InChI=1S/C23H22FN3O5/c1-30-18-10-14(11-19(31-2)20(18)32-3)21-25-17-7-8-27(12-16(17)22(28)26-21)23(29)13-5-4-6-15(24)9-13/h4-6,9-11H,7-8,12H2,1-3H3,(H,25,26,28). The van der Waals surface area contributed by atoms with Gasteiger partial charge in [0.15, 0.2) is 11.5 Å². The van der Waals surface area contributed by atoms with Gasteiger partial charge in [-0.25, -0.2) is 9.37 Å². The Morgan fingerprint density at radius 3 is 2.44 bits per heavy atom. The Morgan fingerprint density at radius 1 is 1.09 bits per heavy atom. The summed E-state index contributed by atoms with van der Waals surface area (Å²) in [7, 11) is 4.53. The molecule has 0 saturated carbocycles. The summed E-state index contributed by atoms with van der Waals surface area (Å²) < 4.78 is 29.6. The molecule has 2 heterocycles. The molecule has 9 heteroatoms. The van der Waals surface area contributed by atoms with Crippen LogP contribution in [0.2, 0.25) is 0 Å². The number of aromatic nitrogens is 2. The molecule has 1 aliphatic rings. The SMILES string of the molecule is COc1cc(-c2nc3c(c(=O)[nH]2)CN(C(=O)c2cccc(F)c2)CC3)cc(OC)c1OC. The van der Waals surface area contributed by atoms with Crippen LogP contribution < -0.4 is 19.8 Å². The van der Waals surface area contributed by atoms with Crippen molar-refractivity contribution >= 4 is 5.91 Å². The highest BCUT2D eigenvalue weighted by molar-refractivity contribution is 5.94. The molecule has 2 aromatic carbocycles.